The molecule has 3 rings (SSSR count). The fourth-order valence-corrected chi connectivity index (χ4v) is 2.75. The zero-order valence-electron chi connectivity index (χ0n) is 11.6. The van der Waals surface area contributed by atoms with E-state index in [1.807, 2.05) is 30.3 Å². The number of amides is 1. The van der Waals surface area contributed by atoms with Crippen LogP contribution in [0.15, 0.2) is 42.5 Å². The van der Waals surface area contributed by atoms with E-state index in [9.17, 15) is 9.18 Å². The lowest BCUT2D eigenvalue weighted by Gasteiger charge is -2.16. The highest BCUT2D eigenvalue weighted by Crippen LogP contribution is 2.33. The highest BCUT2D eigenvalue weighted by atomic mass is 19.1. The van der Waals surface area contributed by atoms with Crippen LogP contribution in [0, 0.1) is 5.82 Å². The molecule has 4 heteroatoms. The van der Waals surface area contributed by atoms with E-state index in [1.165, 1.54) is 17.7 Å². The predicted molar refractivity (Wildman–Crippen MR) is 80.4 cm³/mol. The van der Waals surface area contributed by atoms with Gasteiger partial charge in [-0.15, -0.1) is 0 Å². The fourth-order valence-electron chi connectivity index (χ4n) is 2.75. The van der Waals surface area contributed by atoms with Crippen LogP contribution in [0.2, 0.25) is 0 Å². The first-order chi connectivity index (χ1) is 10.1. The molecule has 1 heterocycles. The molecule has 0 aliphatic carbocycles. The Morgan fingerprint density at radius 3 is 2.76 bits per heavy atom. The van der Waals surface area contributed by atoms with Gasteiger partial charge in [-0.25, -0.2) is 4.39 Å². The largest absolute Gasteiger partial charge is 0.325 e. The third kappa shape index (κ3) is 2.95. The van der Waals surface area contributed by atoms with Crippen LogP contribution in [0.1, 0.15) is 29.2 Å². The minimum atomic E-state index is -0.338. The minimum Gasteiger partial charge on any atom is -0.325 e. The van der Waals surface area contributed by atoms with Crippen molar-refractivity contribution in [2.75, 3.05) is 5.32 Å². The minimum absolute atomic E-state index is 0.105. The number of hydrogen-bond acceptors (Lipinski definition) is 2. The van der Waals surface area contributed by atoms with Crippen molar-refractivity contribution < 1.29 is 9.18 Å². The number of anilines is 1. The second-order valence-corrected chi connectivity index (χ2v) is 5.38. The van der Waals surface area contributed by atoms with E-state index in [0.717, 1.165) is 6.42 Å². The molecule has 1 aliphatic heterocycles. The molecule has 1 unspecified atom stereocenters. The van der Waals surface area contributed by atoms with Crippen LogP contribution in [-0.4, -0.2) is 5.91 Å². The van der Waals surface area contributed by atoms with Gasteiger partial charge >= 0.3 is 0 Å². The molecule has 0 aromatic heterocycles. The molecule has 3 nitrogen and oxygen atoms in total. The average Bonchev–Trinajstić information content (AvgIpc) is 2.85. The fraction of sp³-hybridized carbons (Fsp3) is 0.235. The van der Waals surface area contributed by atoms with Gasteiger partial charge in [0, 0.05) is 11.7 Å². The van der Waals surface area contributed by atoms with E-state index in [-0.39, 0.29) is 24.2 Å². The molecule has 1 amide bonds. The van der Waals surface area contributed by atoms with Crippen molar-refractivity contribution in [2.45, 2.75) is 25.3 Å². The standard InChI is InChI=1S/C17H17FN2O/c18-13-8-12-9-16(21)20-17(12)14(10-13)15(19)7-6-11-4-2-1-3-5-11/h1-5,8,10,15H,6-7,9,19H2,(H,20,21). The topological polar surface area (TPSA) is 55.1 Å². The number of aryl methyl sites for hydroxylation is 1. The zero-order valence-corrected chi connectivity index (χ0v) is 11.6. The van der Waals surface area contributed by atoms with Crippen molar-refractivity contribution in [3.63, 3.8) is 0 Å². The number of hydrogen-bond donors (Lipinski definition) is 2. The van der Waals surface area contributed by atoms with Crippen LogP contribution in [-0.2, 0) is 17.6 Å². The first-order valence-corrected chi connectivity index (χ1v) is 7.05. The van der Waals surface area contributed by atoms with Crippen molar-refractivity contribution in [3.8, 4) is 0 Å². The number of halogens is 1. The van der Waals surface area contributed by atoms with Gasteiger partial charge in [-0.05, 0) is 41.7 Å². The Kier molecular flexibility index (Phi) is 3.71. The summed E-state index contributed by atoms with van der Waals surface area (Å²) >= 11 is 0. The molecular weight excluding hydrogens is 267 g/mol. The van der Waals surface area contributed by atoms with E-state index in [4.69, 9.17) is 5.73 Å². The lowest BCUT2D eigenvalue weighted by atomic mass is 9.96. The van der Waals surface area contributed by atoms with Gasteiger partial charge < -0.3 is 11.1 Å². The van der Waals surface area contributed by atoms with E-state index in [1.54, 1.807) is 0 Å². The normalized spacial score (nSPS) is 14.7. The molecule has 3 N–H and O–H groups in total. The Labute approximate surface area is 123 Å². The van der Waals surface area contributed by atoms with Gasteiger partial charge in [0.25, 0.3) is 0 Å². The first-order valence-electron chi connectivity index (χ1n) is 7.05. The Balaban J connectivity index is 1.79. The lowest BCUT2D eigenvalue weighted by Crippen LogP contribution is -2.14. The summed E-state index contributed by atoms with van der Waals surface area (Å²) in [6.45, 7) is 0. The Morgan fingerprint density at radius 2 is 2.00 bits per heavy atom. The number of carbonyl (C=O) groups excluding carboxylic acids is 1. The first kappa shape index (κ1) is 13.8. The van der Waals surface area contributed by atoms with Crippen LogP contribution in [0.3, 0.4) is 0 Å². The molecule has 21 heavy (non-hydrogen) atoms. The molecular formula is C17H17FN2O. The van der Waals surface area contributed by atoms with Crippen molar-refractivity contribution in [2.24, 2.45) is 5.73 Å². The molecule has 1 atom stereocenters. The third-order valence-corrected chi connectivity index (χ3v) is 3.82. The van der Waals surface area contributed by atoms with Crippen LogP contribution in [0.25, 0.3) is 0 Å². The number of carbonyl (C=O) groups is 1. The van der Waals surface area contributed by atoms with Crippen molar-refractivity contribution >= 4 is 11.6 Å². The summed E-state index contributed by atoms with van der Waals surface area (Å²) in [5, 5.41) is 2.79. The predicted octanol–water partition coefficient (Wildman–Crippen LogP) is 2.95. The van der Waals surface area contributed by atoms with Crippen molar-refractivity contribution in [3.05, 3.63) is 65.0 Å². The number of fused-ring (bicyclic) bond motifs is 1. The van der Waals surface area contributed by atoms with E-state index >= 15 is 0 Å². The molecule has 0 fully saturated rings. The number of nitrogens with one attached hydrogen (secondary N) is 1. The summed E-state index contributed by atoms with van der Waals surface area (Å²) in [7, 11) is 0. The Bertz CT molecular complexity index is 670. The Hall–Kier alpha value is -2.20. The summed E-state index contributed by atoms with van der Waals surface area (Å²) < 4.78 is 13.7. The zero-order chi connectivity index (χ0) is 14.8. The van der Waals surface area contributed by atoms with Crippen LogP contribution < -0.4 is 11.1 Å². The SMILES string of the molecule is NC(CCc1ccccc1)c1cc(F)cc2c1NC(=O)C2. The van der Waals surface area contributed by atoms with Crippen molar-refractivity contribution in [1.29, 1.82) is 0 Å². The monoisotopic (exact) mass is 284 g/mol. The molecule has 2 aromatic carbocycles. The molecule has 108 valence electrons. The van der Waals surface area contributed by atoms with E-state index < -0.39 is 0 Å². The lowest BCUT2D eigenvalue weighted by molar-refractivity contribution is -0.115. The molecule has 0 bridgehead atoms. The Morgan fingerprint density at radius 1 is 1.24 bits per heavy atom. The quantitative estimate of drug-likeness (QED) is 0.907. The van der Waals surface area contributed by atoms with Gasteiger partial charge in [-0.3, -0.25) is 4.79 Å². The summed E-state index contributed by atoms with van der Waals surface area (Å²) in [5.41, 5.74) is 9.49. The van der Waals surface area contributed by atoms with Gasteiger partial charge in [-0.1, -0.05) is 30.3 Å². The average molecular weight is 284 g/mol. The molecule has 0 saturated carbocycles. The van der Waals surface area contributed by atoms with E-state index in [0.29, 0.717) is 23.2 Å². The smallest absolute Gasteiger partial charge is 0.228 e. The van der Waals surface area contributed by atoms with E-state index in [2.05, 4.69) is 5.32 Å². The maximum Gasteiger partial charge on any atom is 0.228 e. The summed E-state index contributed by atoms with van der Waals surface area (Å²) in [4.78, 5) is 11.5. The van der Waals surface area contributed by atoms with Crippen LogP contribution in [0.5, 0.6) is 0 Å². The van der Waals surface area contributed by atoms with Gasteiger partial charge in [0.05, 0.1) is 6.42 Å². The second-order valence-electron chi connectivity index (χ2n) is 5.38. The van der Waals surface area contributed by atoms with Gasteiger partial charge in [0.2, 0.25) is 5.91 Å². The second kappa shape index (κ2) is 5.66. The number of rotatable bonds is 4. The van der Waals surface area contributed by atoms with Gasteiger partial charge in [0.15, 0.2) is 0 Å². The van der Waals surface area contributed by atoms with Gasteiger partial charge in [0.1, 0.15) is 5.82 Å². The molecule has 0 radical (unpaired) electrons. The molecule has 0 spiro atoms. The summed E-state index contributed by atoms with van der Waals surface area (Å²) in [6, 6.07) is 12.6. The number of nitrogens with two attached hydrogens (primary N) is 1. The third-order valence-electron chi connectivity index (χ3n) is 3.82. The molecule has 0 saturated heterocycles. The maximum atomic E-state index is 13.7. The van der Waals surface area contributed by atoms with Crippen LogP contribution >= 0.6 is 0 Å². The highest BCUT2D eigenvalue weighted by Gasteiger charge is 2.24. The molecule has 1 aliphatic rings. The molecule has 2 aromatic rings. The highest BCUT2D eigenvalue weighted by molar-refractivity contribution is 6.00. The maximum absolute atomic E-state index is 13.7. The van der Waals surface area contributed by atoms with Crippen LogP contribution in [0.4, 0.5) is 10.1 Å². The summed E-state index contributed by atoms with van der Waals surface area (Å²) in [6.07, 6.45) is 1.75. The number of benzene rings is 2. The summed E-state index contributed by atoms with van der Waals surface area (Å²) in [5.74, 6) is -0.442. The van der Waals surface area contributed by atoms with Crippen molar-refractivity contribution in [1.82, 2.24) is 0 Å². The van der Waals surface area contributed by atoms with Gasteiger partial charge in [-0.2, -0.15) is 0 Å².